The van der Waals surface area contributed by atoms with Crippen molar-refractivity contribution in [1.82, 2.24) is 14.5 Å². The van der Waals surface area contributed by atoms with Crippen molar-refractivity contribution < 1.29 is 6.85 Å². The quantitative estimate of drug-likeness (QED) is 0.197. The van der Waals surface area contributed by atoms with Crippen LogP contribution in [0.25, 0.3) is 71.8 Å². The number of aryl methyl sites for hydroxylation is 1. The molecule has 2 aromatic heterocycles. The molecule has 0 radical (unpaired) electrons. The van der Waals surface area contributed by atoms with Crippen molar-refractivity contribution in [2.75, 3.05) is 0 Å². The van der Waals surface area contributed by atoms with E-state index in [1.807, 2.05) is 66.9 Å². The van der Waals surface area contributed by atoms with Crippen molar-refractivity contribution in [3.63, 3.8) is 0 Å². The molecule has 204 valence electrons. The molecule has 8 aromatic rings. The highest BCUT2D eigenvalue weighted by atomic mass is 15.1. The first kappa shape index (κ1) is 20.4. The van der Waals surface area contributed by atoms with Gasteiger partial charge in [-0.05, 0) is 86.3 Å². The Bertz CT molecular complexity index is 2410. The third-order valence-electron chi connectivity index (χ3n) is 8.13. The lowest BCUT2D eigenvalue weighted by Crippen LogP contribution is -2.00. The second kappa shape index (κ2) is 10.4. The van der Waals surface area contributed by atoms with Crippen LogP contribution in [0.2, 0.25) is 0 Å². The van der Waals surface area contributed by atoms with Gasteiger partial charge in [0.1, 0.15) is 5.82 Å². The van der Waals surface area contributed by atoms with Crippen LogP contribution in [0, 0.1) is 0 Å². The van der Waals surface area contributed by atoms with Crippen LogP contribution >= 0.6 is 0 Å². The first-order valence-corrected chi connectivity index (χ1v) is 14.3. The number of imidazole rings is 1. The lowest BCUT2D eigenvalue weighted by atomic mass is 9.85. The molecule has 0 aliphatic rings. The van der Waals surface area contributed by atoms with Gasteiger partial charge in [-0.3, -0.25) is 9.55 Å². The standard InChI is InChI=1S/C40H29N3/c1-2-38-42-36-19-7-8-20-37(36)43(38)30-23-21-27(22-24-30)39-31-14-3-5-16-33(31)40(34-17-6-4-15-32(34)39)29-13-11-12-28(26-29)35-18-9-10-25-41-35/h3-26H,2H2,1H3/i1D3,2D2. The Balaban J connectivity index is 1.32. The minimum atomic E-state index is -2.90. The van der Waals surface area contributed by atoms with Gasteiger partial charge in [0.15, 0.2) is 0 Å². The third-order valence-corrected chi connectivity index (χ3v) is 8.13. The Labute approximate surface area is 257 Å². The maximum Gasteiger partial charge on any atom is 0.114 e. The number of nitrogens with zero attached hydrogens (tertiary/aromatic N) is 3. The summed E-state index contributed by atoms with van der Waals surface area (Å²) >= 11 is 0. The molecule has 0 fully saturated rings. The van der Waals surface area contributed by atoms with E-state index in [0.29, 0.717) is 16.7 Å². The molecule has 0 bridgehead atoms. The topological polar surface area (TPSA) is 30.7 Å². The van der Waals surface area contributed by atoms with Crippen LogP contribution in [-0.2, 0) is 6.37 Å². The van der Waals surface area contributed by atoms with E-state index in [9.17, 15) is 0 Å². The van der Waals surface area contributed by atoms with Crippen LogP contribution in [0.1, 0.15) is 19.5 Å². The van der Waals surface area contributed by atoms with Crippen LogP contribution in [0.4, 0.5) is 0 Å². The van der Waals surface area contributed by atoms with Crippen molar-refractivity contribution in [2.24, 2.45) is 0 Å². The van der Waals surface area contributed by atoms with Crippen molar-refractivity contribution in [1.29, 1.82) is 0 Å². The number of hydrogen-bond donors (Lipinski definition) is 0. The highest BCUT2D eigenvalue weighted by Gasteiger charge is 2.17. The summed E-state index contributed by atoms with van der Waals surface area (Å²) in [6.07, 6.45) is -0.854. The molecule has 0 saturated carbocycles. The van der Waals surface area contributed by atoms with Gasteiger partial charge >= 0.3 is 0 Å². The first-order valence-electron chi connectivity index (χ1n) is 16.8. The Morgan fingerprint density at radius 3 is 1.91 bits per heavy atom. The van der Waals surface area contributed by atoms with E-state index in [1.165, 1.54) is 0 Å². The molecule has 6 aromatic carbocycles. The van der Waals surface area contributed by atoms with E-state index in [-0.39, 0.29) is 5.82 Å². The SMILES string of the molecule is [2H]C([2H])([2H])C([2H])([2H])c1nc2ccccc2n1-c1ccc(-c2c3ccccc3c(-c3cccc(-c4ccccn4)c3)c3ccccc23)cc1. The molecule has 0 spiro atoms. The van der Waals surface area contributed by atoms with Gasteiger partial charge in [0.05, 0.1) is 16.7 Å². The molecule has 3 nitrogen and oxygen atoms in total. The minimum absolute atomic E-state index is 0.148. The van der Waals surface area contributed by atoms with Crippen LogP contribution in [0.15, 0.2) is 146 Å². The minimum Gasteiger partial charge on any atom is -0.296 e. The third kappa shape index (κ3) is 4.21. The zero-order valence-corrected chi connectivity index (χ0v) is 23.2. The zero-order chi connectivity index (χ0) is 33.0. The van der Waals surface area contributed by atoms with Crippen molar-refractivity contribution >= 4 is 32.6 Å². The summed E-state index contributed by atoms with van der Waals surface area (Å²) in [5.41, 5.74) is 8.12. The van der Waals surface area contributed by atoms with Gasteiger partial charge in [-0.1, -0.05) is 104 Å². The Kier molecular flexibility index (Phi) is 4.91. The van der Waals surface area contributed by atoms with Gasteiger partial charge in [-0.2, -0.15) is 0 Å². The van der Waals surface area contributed by atoms with Crippen LogP contribution in [0.5, 0.6) is 0 Å². The van der Waals surface area contributed by atoms with Gasteiger partial charge in [0.2, 0.25) is 0 Å². The smallest absolute Gasteiger partial charge is 0.114 e. The van der Waals surface area contributed by atoms with Gasteiger partial charge in [-0.25, -0.2) is 4.98 Å². The Morgan fingerprint density at radius 1 is 0.605 bits per heavy atom. The summed E-state index contributed by atoms with van der Waals surface area (Å²) in [7, 11) is 0. The van der Waals surface area contributed by atoms with E-state index in [0.717, 1.165) is 55.1 Å². The Morgan fingerprint density at radius 2 is 1.23 bits per heavy atom. The predicted octanol–water partition coefficient (Wildman–Crippen LogP) is 10.3. The second-order valence-corrected chi connectivity index (χ2v) is 10.6. The maximum atomic E-state index is 8.57. The van der Waals surface area contributed by atoms with Crippen molar-refractivity contribution in [3.8, 4) is 39.2 Å². The summed E-state index contributed by atoms with van der Waals surface area (Å²) in [5, 5.41) is 4.47. The van der Waals surface area contributed by atoms with E-state index in [1.54, 1.807) is 10.6 Å². The van der Waals surface area contributed by atoms with Gasteiger partial charge in [0, 0.05) is 30.7 Å². The average Bonchev–Trinajstić information content (AvgIpc) is 3.51. The molecular weight excluding hydrogens is 522 g/mol. The predicted molar refractivity (Wildman–Crippen MR) is 180 cm³/mol. The fourth-order valence-electron chi connectivity index (χ4n) is 6.27. The van der Waals surface area contributed by atoms with Crippen LogP contribution in [-0.4, -0.2) is 14.5 Å². The lowest BCUT2D eigenvalue weighted by Gasteiger charge is -2.18. The van der Waals surface area contributed by atoms with Gasteiger partial charge < -0.3 is 0 Å². The van der Waals surface area contributed by atoms with Crippen molar-refractivity contribution in [3.05, 3.63) is 152 Å². The Hall–Kier alpha value is -5.54. The normalized spacial score (nSPS) is 13.8. The number of benzene rings is 6. The molecule has 0 aliphatic heterocycles. The summed E-state index contributed by atoms with van der Waals surface area (Å²) in [4.78, 5) is 9.06. The monoisotopic (exact) mass is 556 g/mol. The van der Waals surface area contributed by atoms with Gasteiger partial charge in [0.25, 0.3) is 0 Å². The summed E-state index contributed by atoms with van der Waals surface area (Å²) in [6.45, 7) is -2.90. The second-order valence-electron chi connectivity index (χ2n) is 10.6. The maximum absolute atomic E-state index is 8.57. The number of aromatic nitrogens is 3. The lowest BCUT2D eigenvalue weighted by molar-refractivity contribution is 0.908. The van der Waals surface area contributed by atoms with Gasteiger partial charge in [-0.15, -0.1) is 0 Å². The van der Waals surface area contributed by atoms with E-state index >= 15 is 0 Å². The molecule has 0 N–H and O–H groups in total. The molecule has 0 amide bonds. The number of para-hydroxylation sites is 2. The molecule has 0 aliphatic carbocycles. The highest BCUT2D eigenvalue weighted by molar-refractivity contribution is 6.21. The van der Waals surface area contributed by atoms with Crippen LogP contribution < -0.4 is 0 Å². The molecule has 43 heavy (non-hydrogen) atoms. The van der Waals surface area contributed by atoms with Crippen LogP contribution in [0.3, 0.4) is 0 Å². The fourth-order valence-corrected chi connectivity index (χ4v) is 6.27. The molecule has 0 saturated heterocycles. The molecule has 0 unspecified atom stereocenters. The first-order chi connectivity index (χ1) is 23.2. The number of fused-ring (bicyclic) bond motifs is 3. The average molecular weight is 557 g/mol. The summed E-state index contributed by atoms with van der Waals surface area (Å²) < 4.78 is 42.6. The van der Waals surface area contributed by atoms with E-state index in [4.69, 9.17) is 6.85 Å². The van der Waals surface area contributed by atoms with E-state index < -0.39 is 13.2 Å². The molecule has 8 rings (SSSR count). The fraction of sp³-hybridized carbons (Fsp3) is 0.0500. The largest absolute Gasteiger partial charge is 0.296 e. The number of pyridine rings is 1. The summed E-state index contributed by atoms with van der Waals surface area (Å²) in [5.74, 6) is -0.148. The van der Waals surface area contributed by atoms with Crippen molar-refractivity contribution in [2.45, 2.75) is 13.2 Å². The molecular formula is C40H29N3. The highest BCUT2D eigenvalue weighted by Crippen LogP contribution is 2.44. The zero-order valence-electron chi connectivity index (χ0n) is 28.2. The molecule has 2 heterocycles. The molecule has 0 atom stereocenters. The number of hydrogen-bond acceptors (Lipinski definition) is 2. The van der Waals surface area contributed by atoms with E-state index in [2.05, 4.69) is 82.8 Å². The number of rotatable bonds is 5. The summed E-state index contributed by atoms with van der Waals surface area (Å²) in [6, 6.07) is 46.5. The molecule has 3 heteroatoms.